The Kier molecular flexibility index (Phi) is 7.48. The molecule has 29 heavy (non-hydrogen) atoms. The number of rotatable bonds is 6. The molecule has 0 aliphatic carbocycles. The second-order valence-corrected chi connectivity index (χ2v) is 7.51. The summed E-state index contributed by atoms with van der Waals surface area (Å²) in [4.78, 5) is 27.8. The summed E-state index contributed by atoms with van der Waals surface area (Å²) in [6.07, 6.45) is -5.79. The van der Waals surface area contributed by atoms with E-state index < -0.39 is 29.7 Å². The lowest BCUT2D eigenvalue weighted by molar-refractivity contribution is -0.151. The zero-order valence-electron chi connectivity index (χ0n) is 16.3. The summed E-state index contributed by atoms with van der Waals surface area (Å²) in [5, 5.41) is 18.9. The first kappa shape index (κ1) is 23.0. The first-order valence-corrected chi connectivity index (χ1v) is 9.37. The summed E-state index contributed by atoms with van der Waals surface area (Å²) < 4.78 is 38.1. The first-order chi connectivity index (χ1) is 13.5. The van der Waals surface area contributed by atoms with E-state index in [1.807, 2.05) is 18.7 Å². The minimum absolute atomic E-state index is 0.0403. The van der Waals surface area contributed by atoms with Gasteiger partial charge in [0.05, 0.1) is 11.5 Å². The molecule has 0 bridgehead atoms. The fourth-order valence-electron chi connectivity index (χ4n) is 3.40. The number of nitrogens with zero attached hydrogens (tertiary/aromatic N) is 2. The molecule has 1 fully saturated rings. The highest BCUT2D eigenvalue weighted by molar-refractivity contribution is 5.88. The molecule has 0 unspecified atom stereocenters. The Labute approximate surface area is 167 Å². The largest absolute Gasteiger partial charge is 0.416 e. The van der Waals surface area contributed by atoms with Gasteiger partial charge in [-0.2, -0.15) is 13.2 Å². The lowest BCUT2D eigenvalue weighted by Crippen LogP contribution is -2.53. The van der Waals surface area contributed by atoms with E-state index in [2.05, 4.69) is 0 Å². The van der Waals surface area contributed by atoms with Crippen LogP contribution in [0.2, 0.25) is 0 Å². The highest BCUT2D eigenvalue weighted by atomic mass is 19.4. The number of hydrogen-bond acceptors (Lipinski definition) is 5. The molecule has 2 amide bonds. The lowest BCUT2D eigenvalue weighted by atomic mass is 9.90. The van der Waals surface area contributed by atoms with Crippen LogP contribution in [0.15, 0.2) is 24.3 Å². The number of halogens is 3. The molecule has 0 saturated carbocycles. The van der Waals surface area contributed by atoms with Crippen molar-refractivity contribution < 1.29 is 33.1 Å². The van der Waals surface area contributed by atoms with Crippen molar-refractivity contribution in [1.82, 2.24) is 10.4 Å². The van der Waals surface area contributed by atoms with E-state index in [4.69, 9.17) is 5.21 Å². The van der Waals surface area contributed by atoms with E-state index in [0.29, 0.717) is 31.9 Å². The third kappa shape index (κ3) is 5.83. The van der Waals surface area contributed by atoms with Crippen molar-refractivity contribution >= 4 is 17.5 Å². The van der Waals surface area contributed by atoms with Gasteiger partial charge < -0.3 is 14.9 Å². The van der Waals surface area contributed by atoms with Crippen molar-refractivity contribution in [2.75, 3.05) is 31.1 Å². The van der Waals surface area contributed by atoms with Crippen LogP contribution in [0.1, 0.15) is 25.8 Å². The van der Waals surface area contributed by atoms with Crippen molar-refractivity contribution in [3.05, 3.63) is 29.8 Å². The Balaban J connectivity index is 2.02. The van der Waals surface area contributed by atoms with Crippen molar-refractivity contribution in [1.29, 1.82) is 0 Å². The fourth-order valence-corrected chi connectivity index (χ4v) is 3.40. The van der Waals surface area contributed by atoms with Crippen LogP contribution in [0.3, 0.4) is 0 Å². The number of benzene rings is 1. The molecular weight excluding hydrogens is 391 g/mol. The van der Waals surface area contributed by atoms with Crippen LogP contribution in [0.4, 0.5) is 18.9 Å². The highest BCUT2D eigenvalue weighted by Gasteiger charge is 2.36. The monoisotopic (exact) mass is 417 g/mol. The normalized spacial score (nSPS) is 17.2. The van der Waals surface area contributed by atoms with Gasteiger partial charge in [-0.05, 0) is 36.6 Å². The predicted octanol–water partition coefficient (Wildman–Crippen LogP) is 1.88. The third-order valence-electron chi connectivity index (χ3n) is 4.95. The molecule has 162 valence electrons. The molecule has 10 heteroatoms. The molecular formula is C19H26F3N3O4. The highest BCUT2D eigenvalue weighted by Crippen LogP contribution is 2.31. The van der Waals surface area contributed by atoms with E-state index in [1.165, 1.54) is 22.5 Å². The maximum Gasteiger partial charge on any atom is 0.416 e. The summed E-state index contributed by atoms with van der Waals surface area (Å²) >= 11 is 0. The number of aliphatic hydroxyl groups is 1. The average molecular weight is 417 g/mol. The zero-order chi connectivity index (χ0) is 21.8. The Bertz CT molecular complexity index is 702. The zero-order valence-corrected chi connectivity index (χ0v) is 16.3. The van der Waals surface area contributed by atoms with Gasteiger partial charge in [0.2, 0.25) is 5.91 Å². The standard InChI is InChI=1S/C19H26F3N3O4/c1-12(2)11-15(16(26)17(27)23-29)18(28)25-9-7-24(8-10-25)14-5-3-13(4-6-14)19(20,21)22/h3-6,12,15-16,26,29H,7-11H2,1-2H3,(H,23,27)/t15-,16-/m0/s1. The van der Waals surface area contributed by atoms with Gasteiger partial charge in [-0.25, -0.2) is 5.48 Å². The number of carbonyl (C=O) groups is 2. The molecule has 3 N–H and O–H groups in total. The van der Waals surface area contributed by atoms with E-state index in [0.717, 1.165) is 12.1 Å². The third-order valence-corrected chi connectivity index (χ3v) is 4.95. The van der Waals surface area contributed by atoms with E-state index >= 15 is 0 Å². The maximum absolute atomic E-state index is 12.9. The SMILES string of the molecule is CC(C)C[C@H](C(=O)N1CCN(c2ccc(C(F)(F)F)cc2)CC1)[C@H](O)C(=O)NO. The van der Waals surface area contributed by atoms with Gasteiger partial charge in [-0.15, -0.1) is 0 Å². The molecule has 1 aliphatic heterocycles. The average Bonchev–Trinajstić information content (AvgIpc) is 2.70. The quantitative estimate of drug-likeness (QED) is 0.486. The van der Waals surface area contributed by atoms with Crippen LogP contribution < -0.4 is 10.4 Å². The number of hydrogen-bond donors (Lipinski definition) is 3. The Morgan fingerprint density at radius 3 is 2.10 bits per heavy atom. The van der Waals surface area contributed by atoms with Crippen molar-refractivity contribution in [3.8, 4) is 0 Å². The Hall–Kier alpha value is -2.33. The van der Waals surface area contributed by atoms with E-state index in [9.17, 15) is 27.9 Å². The summed E-state index contributed by atoms with van der Waals surface area (Å²) in [7, 11) is 0. The predicted molar refractivity (Wildman–Crippen MR) is 99.1 cm³/mol. The maximum atomic E-state index is 12.9. The molecule has 0 radical (unpaired) electrons. The molecule has 2 rings (SSSR count). The molecule has 7 nitrogen and oxygen atoms in total. The molecule has 1 aliphatic rings. The van der Waals surface area contributed by atoms with E-state index in [1.54, 1.807) is 0 Å². The van der Waals surface area contributed by atoms with Gasteiger partial charge in [0.25, 0.3) is 5.91 Å². The minimum atomic E-state index is -4.39. The number of anilines is 1. The summed E-state index contributed by atoms with van der Waals surface area (Å²) in [6, 6.07) is 4.85. The molecule has 2 atom stereocenters. The van der Waals surface area contributed by atoms with Gasteiger partial charge in [-0.1, -0.05) is 13.8 Å². The molecule has 0 aromatic heterocycles. The number of piperazine rings is 1. The summed E-state index contributed by atoms with van der Waals surface area (Å²) in [5.74, 6) is -2.37. The van der Waals surface area contributed by atoms with Crippen molar-refractivity contribution in [3.63, 3.8) is 0 Å². The topological polar surface area (TPSA) is 93.1 Å². The van der Waals surface area contributed by atoms with Crippen LogP contribution in [-0.2, 0) is 15.8 Å². The Morgan fingerprint density at radius 1 is 1.10 bits per heavy atom. The van der Waals surface area contributed by atoms with Gasteiger partial charge in [0, 0.05) is 31.9 Å². The summed E-state index contributed by atoms with van der Waals surface area (Å²) in [6.45, 7) is 5.14. The van der Waals surface area contributed by atoms with Crippen LogP contribution in [0.25, 0.3) is 0 Å². The van der Waals surface area contributed by atoms with E-state index in [-0.39, 0.29) is 18.2 Å². The smallest absolute Gasteiger partial charge is 0.382 e. The molecule has 0 spiro atoms. The number of aliphatic hydroxyl groups excluding tert-OH is 1. The van der Waals surface area contributed by atoms with Gasteiger partial charge in [-0.3, -0.25) is 14.8 Å². The number of carbonyl (C=O) groups excluding carboxylic acids is 2. The number of hydroxylamine groups is 1. The Morgan fingerprint density at radius 2 is 1.66 bits per heavy atom. The second kappa shape index (κ2) is 9.45. The molecule has 1 saturated heterocycles. The van der Waals surface area contributed by atoms with Crippen molar-refractivity contribution in [2.24, 2.45) is 11.8 Å². The number of amides is 2. The molecule has 1 aromatic carbocycles. The number of alkyl halides is 3. The van der Waals surface area contributed by atoms with Gasteiger partial charge in [0.15, 0.2) is 0 Å². The molecule has 1 heterocycles. The second-order valence-electron chi connectivity index (χ2n) is 7.51. The van der Waals surface area contributed by atoms with Crippen LogP contribution >= 0.6 is 0 Å². The van der Waals surface area contributed by atoms with Crippen molar-refractivity contribution in [2.45, 2.75) is 32.5 Å². The lowest BCUT2D eigenvalue weighted by Gasteiger charge is -2.38. The first-order valence-electron chi connectivity index (χ1n) is 9.37. The number of nitrogens with one attached hydrogen (secondary N) is 1. The minimum Gasteiger partial charge on any atom is -0.382 e. The van der Waals surface area contributed by atoms with Gasteiger partial charge in [0.1, 0.15) is 6.10 Å². The molecule has 1 aromatic rings. The van der Waals surface area contributed by atoms with Crippen LogP contribution in [-0.4, -0.2) is 59.3 Å². The fraction of sp³-hybridized carbons (Fsp3) is 0.579. The summed E-state index contributed by atoms with van der Waals surface area (Å²) in [5.41, 5.74) is 1.28. The van der Waals surface area contributed by atoms with Crippen LogP contribution in [0.5, 0.6) is 0 Å². The van der Waals surface area contributed by atoms with Crippen LogP contribution in [0, 0.1) is 11.8 Å². The van der Waals surface area contributed by atoms with Gasteiger partial charge >= 0.3 is 6.18 Å².